The fraction of sp³-hybridized carbons (Fsp3) is 0.571. The second-order valence-electron chi connectivity index (χ2n) is 3.01. The SMILES string of the molecule is CC(C(=O)NC(N)=O)S(=O)(=O)CCC(=O)O. The number of carboxylic acids is 1. The van der Waals surface area contributed by atoms with E-state index < -0.39 is 45.2 Å². The van der Waals surface area contributed by atoms with Gasteiger partial charge < -0.3 is 10.8 Å². The summed E-state index contributed by atoms with van der Waals surface area (Å²) in [5.41, 5.74) is 4.64. The number of urea groups is 1. The first-order chi connectivity index (χ1) is 7.16. The topological polar surface area (TPSA) is 144 Å². The molecular formula is C7H12N2O6S. The van der Waals surface area contributed by atoms with Crippen LogP contribution in [0.1, 0.15) is 13.3 Å². The zero-order valence-electron chi connectivity index (χ0n) is 8.47. The van der Waals surface area contributed by atoms with Gasteiger partial charge in [-0.2, -0.15) is 0 Å². The number of sulfone groups is 1. The molecule has 0 aliphatic carbocycles. The molecule has 0 saturated heterocycles. The van der Waals surface area contributed by atoms with Gasteiger partial charge in [0.15, 0.2) is 9.84 Å². The molecule has 92 valence electrons. The van der Waals surface area contributed by atoms with Crippen LogP contribution in [0.3, 0.4) is 0 Å². The molecule has 0 aromatic rings. The maximum atomic E-state index is 11.4. The van der Waals surface area contributed by atoms with Gasteiger partial charge in [-0.3, -0.25) is 14.9 Å². The van der Waals surface area contributed by atoms with E-state index in [0.717, 1.165) is 6.92 Å². The molecule has 16 heavy (non-hydrogen) atoms. The largest absolute Gasteiger partial charge is 0.481 e. The van der Waals surface area contributed by atoms with Gasteiger partial charge in [0.25, 0.3) is 0 Å². The average Bonchev–Trinajstić information content (AvgIpc) is 2.12. The fourth-order valence-corrected chi connectivity index (χ4v) is 1.99. The van der Waals surface area contributed by atoms with Gasteiger partial charge in [0.1, 0.15) is 5.25 Å². The summed E-state index contributed by atoms with van der Waals surface area (Å²) < 4.78 is 22.8. The third-order valence-corrected chi connectivity index (χ3v) is 3.82. The quantitative estimate of drug-likeness (QED) is 0.540. The van der Waals surface area contributed by atoms with Crippen molar-refractivity contribution in [2.75, 3.05) is 5.75 Å². The Morgan fingerprint density at radius 1 is 1.38 bits per heavy atom. The van der Waals surface area contributed by atoms with E-state index in [0.29, 0.717) is 0 Å². The molecule has 0 heterocycles. The Balaban J connectivity index is 4.57. The monoisotopic (exact) mass is 252 g/mol. The highest BCUT2D eigenvalue weighted by atomic mass is 32.2. The normalized spacial score (nSPS) is 12.8. The summed E-state index contributed by atoms with van der Waals surface area (Å²) in [4.78, 5) is 31.6. The maximum Gasteiger partial charge on any atom is 0.318 e. The summed E-state index contributed by atoms with van der Waals surface area (Å²) in [6, 6.07) is -1.16. The van der Waals surface area contributed by atoms with Crippen LogP contribution in [0.4, 0.5) is 4.79 Å². The van der Waals surface area contributed by atoms with Crippen molar-refractivity contribution in [3.8, 4) is 0 Å². The molecule has 1 unspecified atom stereocenters. The minimum atomic E-state index is -3.90. The number of primary amides is 1. The molecule has 0 bridgehead atoms. The van der Waals surface area contributed by atoms with Crippen LogP contribution in [0.15, 0.2) is 0 Å². The maximum absolute atomic E-state index is 11.4. The second-order valence-corrected chi connectivity index (χ2v) is 5.45. The molecule has 9 heteroatoms. The van der Waals surface area contributed by atoms with Crippen LogP contribution in [0.5, 0.6) is 0 Å². The lowest BCUT2D eigenvalue weighted by atomic mass is 10.4. The molecule has 0 spiro atoms. The van der Waals surface area contributed by atoms with Crippen LogP contribution in [-0.4, -0.2) is 42.4 Å². The number of hydrogen-bond donors (Lipinski definition) is 3. The second kappa shape index (κ2) is 5.45. The predicted molar refractivity (Wildman–Crippen MR) is 53.2 cm³/mol. The number of imide groups is 1. The van der Waals surface area contributed by atoms with Crippen LogP contribution < -0.4 is 11.1 Å². The smallest absolute Gasteiger partial charge is 0.318 e. The molecule has 0 aliphatic rings. The number of nitrogens with two attached hydrogens (primary N) is 1. The Labute approximate surface area is 91.7 Å². The number of rotatable bonds is 5. The summed E-state index contributed by atoms with van der Waals surface area (Å²) >= 11 is 0. The molecule has 0 saturated carbocycles. The van der Waals surface area contributed by atoms with Crippen molar-refractivity contribution in [2.24, 2.45) is 5.73 Å². The first-order valence-electron chi connectivity index (χ1n) is 4.20. The Bertz CT molecular complexity index is 401. The van der Waals surface area contributed by atoms with Crippen LogP contribution in [0.25, 0.3) is 0 Å². The van der Waals surface area contributed by atoms with Crippen molar-refractivity contribution in [2.45, 2.75) is 18.6 Å². The Morgan fingerprint density at radius 3 is 2.25 bits per heavy atom. The predicted octanol–water partition coefficient (Wildman–Crippen LogP) is -1.54. The van der Waals surface area contributed by atoms with Crippen molar-refractivity contribution in [1.82, 2.24) is 5.32 Å². The van der Waals surface area contributed by atoms with Crippen LogP contribution in [0, 0.1) is 0 Å². The van der Waals surface area contributed by atoms with Gasteiger partial charge in [0.2, 0.25) is 5.91 Å². The van der Waals surface area contributed by atoms with Gasteiger partial charge in [0.05, 0.1) is 12.2 Å². The molecule has 0 aliphatic heterocycles. The van der Waals surface area contributed by atoms with Crippen LogP contribution >= 0.6 is 0 Å². The fourth-order valence-electron chi connectivity index (χ4n) is 0.792. The summed E-state index contributed by atoms with van der Waals surface area (Å²) in [5, 5.41) is 8.40. The van der Waals surface area contributed by atoms with E-state index in [2.05, 4.69) is 5.73 Å². The minimum Gasteiger partial charge on any atom is -0.481 e. The number of amides is 3. The highest BCUT2D eigenvalue weighted by molar-refractivity contribution is 7.92. The third-order valence-electron chi connectivity index (χ3n) is 1.75. The Kier molecular flexibility index (Phi) is 4.89. The van der Waals surface area contributed by atoms with Crippen molar-refractivity contribution < 1.29 is 27.9 Å². The summed E-state index contributed by atoms with van der Waals surface area (Å²) in [7, 11) is -3.90. The lowest BCUT2D eigenvalue weighted by Crippen LogP contribution is -2.44. The van der Waals surface area contributed by atoms with Crippen LogP contribution in [-0.2, 0) is 19.4 Å². The molecule has 0 fully saturated rings. The zero-order valence-corrected chi connectivity index (χ0v) is 9.28. The molecule has 0 radical (unpaired) electrons. The van der Waals surface area contributed by atoms with Crippen molar-refractivity contribution in [1.29, 1.82) is 0 Å². The van der Waals surface area contributed by atoms with Crippen molar-refractivity contribution >= 4 is 27.7 Å². The number of aliphatic carboxylic acids is 1. The lowest BCUT2D eigenvalue weighted by Gasteiger charge is -2.10. The molecule has 0 aromatic heterocycles. The number of nitrogens with one attached hydrogen (secondary N) is 1. The molecule has 0 aromatic carbocycles. The van der Waals surface area contributed by atoms with Gasteiger partial charge in [0, 0.05) is 0 Å². The minimum absolute atomic E-state index is 0.601. The highest BCUT2D eigenvalue weighted by Crippen LogP contribution is 2.04. The molecule has 4 N–H and O–H groups in total. The molecule has 8 nitrogen and oxygen atoms in total. The standard InChI is InChI=1S/C7H12N2O6S/c1-4(6(12)9-7(8)13)16(14,15)3-2-5(10)11/h4H,2-3H2,1H3,(H,10,11)(H3,8,9,12,13). The number of hydrogen-bond acceptors (Lipinski definition) is 5. The Morgan fingerprint density at radius 2 is 1.88 bits per heavy atom. The summed E-state index contributed by atoms with van der Waals surface area (Å²) in [5.74, 6) is -3.03. The van der Waals surface area contributed by atoms with Crippen LogP contribution in [0.2, 0.25) is 0 Å². The van der Waals surface area contributed by atoms with E-state index >= 15 is 0 Å². The van der Waals surface area contributed by atoms with Gasteiger partial charge >= 0.3 is 12.0 Å². The van der Waals surface area contributed by atoms with E-state index in [9.17, 15) is 22.8 Å². The number of carboxylic acid groups (broad SMARTS) is 1. The van der Waals surface area contributed by atoms with Gasteiger partial charge in [-0.05, 0) is 6.92 Å². The van der Waals surface area contributed by atoms with Gasteiger partial charge in [-0.25, -0.2) is 13.2 Å². The summed E-state index contributed by atoms with van der Waals surface area (Å²) in [6.07, 6.45) is -0.601. The number of carbonyl (C=O) groups excluding carboxylic acids is 2. The molecule has 0 rings (SSSR count). The van der Waals surface area contributed by atoms with Crippen molar-refractivity contribution in [3.05, 3.63) is 0 Å². The summed E-state index contributed by atoms with van der Waals surface area (Å²) in [6.45, 7) is 1.05. The number of carbonyl (C=O) groups is 3. The van der Waals surface area contributed by atoms with E-state index in [1.165, 1.54) is 0 Å². The first-order valence-corrected chi connectivity index (χ1v) is 5.92. The first kappa shape index (κ1) is 14.4. The molecule has 1 atom stereocenters. The van der Waals surface area contributed by atoms with E-state index in [1.807, 2.05) is 0 Å². The molecule has 3 amide bonds. The van der Waals surface area contributed by atoms with E-state index in [4.69, 9.17) is 5.11 Å². The molecular weight excluding hydrogens is 240 g/mol. The average molecular weight is 252 g/mol. The third kappa shape index (κ3) is 4.73. The van der Waals surface area contributed by atoms with E-state index in [1.54, 1.807) is 5.32 Å². The lowest BCUT2D eigenvalue weighted by molar-refractivity contribution is -0.136. The van der Waals surface area contributed by atoms with Gasteiger partial charge in [-0.15, -0.1) is 0 Å². The Hall–Kier alpha value is -1.64. The van der Waals surface area contributed by atoms with E-state index in [-0.39, 0.29) is 0 Å². The van der Waals surface area contributed by atoms with Gasteiger partial charge in [-0.1, -0.05) is 0 Å². The zero-order chi connectivity index (χ0) is 12.9. The van der Waals surface area contributed by atoms with Crippen molar-refractivity contribution in [3.63, 3.8) is 0 Å². The highest BCUT2D eigenvalue weighted by Gasteiger charge is 2.28.